The molecular weight excluding hydrogens is 196 g/mol. The van der Waals surface area contributed by atoms with Crippen LogP contribution in [0.3, 0.4) is 0 Å². The first-order chi connectivity index (χ1) is 7.03. The highest BCUT2D eigenvalue weighted by Crippen LogP contribution is 2.25. The van der Waals surface area contributed by atoms with Crippen LogP contribution in [0.1, 0.15) is 13.3 Å². The number of carboxylic acid groups (broad SMARTS) is 1. The second-order valence-corrected chi connectivity index (χ2v) is 3.69. The number of allylic oxidation sites excluding steroid dienone is 2. The number of hydrogen-bond acceptors (Lipinski definition) is 3. The SMILES string of the molecule is CC1(C(=O)O)CC(=O)N2C=CC=CC2=N1. The lowest BCUT2D eigenvalue weighted by Gasteiger charge is -2.32. The van der Waals surface area contributed by atoms with Crippen LogP contribution in [0.25, 0.3) is 0 Å². The molecule has 0 saturated carbocycles. The molecule has 0 aromatic heterocycles. The molecule has 1 atom stereocenters. The Kier molecular flexibility index (Phi) is 1.96. The Morgan fingerprint density at radius 3 is 3.00 bits per heavy atom. The molecule has 1 amide bonds. The van der Waals surface area contributed by atoms with E-state index in [1.54, 1.807) is 24.4 Å². The van der Waals surface area contributed by atoms with Crippen LogP contribution in [0, 0.1) is 0 Å². The summed E-state index contributed by atoms with van der Waals surface area (Å²) in [6.07, 6.45) is 6.53. The summed E-state index contributed by atoms with van der Waals surface area (Å²) in [5.41, 5.74) is -1.33. The van der Waals surface area contributed by atoms with E-state index in [2.05, 4.69) is 4.99 Å². The Bertz CT molecular complexity index is 422. The largest absolute Gasteiger partial charge is 0.479 e. The second-order valence-electron chi connectivity index (χ2n) is 3.69. The van der Waals surface area contributed by atoms with Gasteiger partial charge in [0.1, 0.15) is 5.84 Å². The van der Waals surface area contributed by atoms with E-state index in [-0.39, 0.29) is 12.3 Å². The molecule has 0 fully saturated rings. The van der Waals surface area contributed by atoms with E-state index in [4.69, 9.17) is 5.11 Å². The molecule has 5 heteroatoms. The van der Waals surface area contributed by atoms with Crippen molar-refractivity contribution in [2.75, 3.05) is 0 Å². The number of aliphatic carboxylic acids is 1. The fourth-order valence-electron chi connectivity index (χ4n) is 1.53. The van der Waals surface area contributed by atoms with Gasteiger partial charge in [0.25, 0.3) is 0 Å². The molecule has 2 aliphatic heterocycles. The third-order valence-corrected chi connectivity index (χ3v) is 2.42. The first-order valence-corrected chi connectivity index (χ1v) is 4.53. The summed E-state index contributed by atoms with van der Waals surface area (Å²) in [6, 6.07) is 0. The maximum absolute atomic E-state index is 11.6. The molecule has 0 spiro atoms. The van der Waals surface area contributed by atoms with Gasteiger partial charge in [-0.25, -0.2) is 9.79 Å². The molecule has 15 heavy (non-hydrogen) atoms. The maximum atomic E-state index is 11.6. The normalized spacial score (nSPS) is 28.7. The molecule has 0 radical (unpaired) electrons. The number of hydrogen-bond donors (Lipinski definition) is 1. The predicted octanol–water partition coefficient (Wildman–Crippen LogP) is 0.544. The highest BCUT2D eigenvalue weighted by atomic mass is 16.4. The quantitative estimate of drug-likeness (QED) is 0.680. The number of fused-ring (bicyclic) bond motifs is 1. The van der Waals surface area contributed by atoms with Crippen LogP contribution in [-0.4, -0.2) is 33.3 Å². The fraction of sp³-hybridized carbons (Fsp3) is 0.300. The number of carbonyl (C=O) groups excluding carboxylic acids is 1. The van der Waals surface area contributed by atoms with E-state index >= 15 is 0 Å². The van der Waals surface area contributed by atoms with Gasteiger partial charge in [-0.2, -0.15) is 0 Å². The highest BCUT2D eigenvalue weighted by Gasteiger charge is 2.41. The molecule has 0 aromatic carbocycles. The molecule has 0 bridgehead atoms. The van der Waals surface area contributed by atoms with E-state index in [9.17, 15) is 9.59 Å². The number of aliphatic imine (C=N–C) groups is 1. The van der Waals surface area contributed by atoms with Crippen molar-refractivity contribution in [3.05, 3.63) is 24.4 Å². The van der Waals surface area contributed by atoms with Gasteiger partial charge in [-0.05, 0) is 19.1 Å². The molecule has 78 valence electrons. The predicted molar refractivity (Wildman–Crippen MR) is 53.2 cm³/mol. The van der Waals surface area contributed by atoms with Gasteiger partial charge in [0.15, 0.2) is 5.54 Å². The van der Waals surface area contributed by atoms with Crippen LogP contribution >= 0.6 is 0 Å². The number of amides is 1. The van der Waals surface area contributed by atoms with E-state index in [1.807, 2.05) is 0 Å². The number of carboxylic acids is 1. The minimum Gasteiger partial charge on any atom is -0.479 e. The molecule has 2 aliphatic rings. The van der Waals surface area contributed by atoms with Crippen LogP contribution in [0.4, 0.5) is 0 Å². The first kappa shape index (κ1) is 9.64. The zero-order chi connectivity index (χ0) is 11.1. The van der Waals surface area contributed by atoms with Crippen molar-refractivity contribution in [3.63, 3.8) is 0 Å². The monoisotopic (exact) mass is 206 g/mol. The van der Waals surface area contributed by atoms with Crippen molar-refractivity contribution in [2.24, 2.45) is 4.99 Å². The zero-order valence-corrected chi connectivity index (χ0v) is 8.17. The van der Waals surface area contributed by atoms with Gasteiger partial charge in [0.05, 0.1) is 6.42 Å². The van der Waals surface area contributed by atoms with Crippen molar-refractivity contribution in [2.45, 2.75) is 18.9 Å². The molecule has 5 nitrogen and oxygen atoms in total. The average Bonchev–Trinajstić information content (AvgIpc) is 2.17. The van der Waals surface area contributed by atoms with E-state index in [0.717, 1.165) is 0 Å². The third kappa shape index (κ3) is 1.45. The molecule has 0 aromatic rings. The van der Waals surface area contributed by atoms with Crippen molar-refractivity contribution in [1.82, 2.24) is 4.90 Å². The van der Waals surface area contributed by atoms with Crippen LogP contribution in [-0.2, 0) is 9.59 Å². The van der Waals surface area contributed by atoms with E-state index in [1.165, 1.54) is 11.8 Å². The van der Waals surface area contributed by atoms with Gasteiger partial charge >= 0.3 is 5.97 Å². The molecule has 0 aliphatic carbocycles. The summed E-state index contributed by atoms with van der Waals surface area (Å²) in [6.45, 7) is 1.45. The molecular formula is C10H10N2O3. The topological polar surface area (TPSA) is 70.0 Å². The number of nitrogens with zero attached hydrogens (tertiary/aromatic N) is 2. The van der Waals surface area contributed by atoms with Gasteiger partial charge in [0, 0.05) is 6.20 Å². The molecule has 0 saturated heterocycles. The van der Waals surface area contributed by atoms with Gasteiger partial charge in [-0.3, -0.25) is 9.69 Å². The van der Waals surface area contributed by atoms with E-state index in [0.29, 0.717) is 5.84 Å². The minimum atomic E-state index is -1.33. The first-order valence-electron chi connectivity index (χ1n) is 4.53. The fourth-order valence-corrected chi connectivity index (χ4v) is 1.53. The highest BCUT2D eigenvalue weighted by molar-refractivity contribution is 6.10. The average molecular weight is 206 g/mol. The second kappa shape index (κ2) is 3.05. The van der Waals surface area contributed by atoms with Crippen LogP contribution in [0.15, 0.2) is 29.4 Å². The third-order valence-electron chi connectivity index (χ3n) is 2.42. The van der Waals surface area contributed by atoms with Crippen LogP contribution in [0.2, 0.25) is 0 Å². The van der Waals surface area contributed by atoms with Gasteiger partial charge in [0.2, 0.25) is 5.91 Å². The zero-order valence-electron chi connectivity index (χ0n) is 8.17. The van der Waals surface area contributed by atoms with Crippen LogP contribution in [0.5, 0.6) is 0 Å². The Labute approximate surface area is 86.4 Å². The van der Waals surface area contributed by atoms with Gasteiger partial charge in [-0.1, -0.05) is 6.08 Å². The maximum Gasteiger partial charge on any atom is 0.331 e. The van der Waals surface area contributed by atoms with Crippen molar-refractivity contribution in [1.29, 1.82) is 0 Å². The van der Waals surface area contributed by atoms with Gasteiger partial charge in [-0.15, -0.1) is 0 Å². The smallest absolute Gasteiger partial charge is 0.331 e. The number of carbonyl (C=O) groups is 2. The summed E-state index contributed by atoms with van der Waals surface area (Å²) in [7, 11) is 0. The van der Waals surface area contributed by atoms with Crippen molar-refractivity contribution in [3.8, 4) is 0 Å². The molecule has 2 heterocycles. The summed E-state index contributed by atoms with van der Waals surface area (Å²) < 4.78 is 0. The number of amidine groups is 1. The van der Waals surface area contributed by atoms with Crippen molar-refractivity contribution >= 4 is 17.7 Å². The lowest BCUT2D eigenvalue weighted by molar-refractivity contribution is -0.146. The summed E-state index contributed by atoms with van der Waals surface area (Å²) in [5.74, 6) is -0.935. The number of rotatable bonds is 1. The lowest BCUT2D eigenvalue weighted by atomic mass is 9.95. The summed E-state index contributed by atoms with van der Waals surface area (Å²) in [4.78, 5) is 28.1. The summed E-state index contributed by atoms with van der Waals surface area (Å²) in [5, 5.41) is 8.99. The Morgan fingerprint density at radius 2 is 2.33 bits per heavy atom. The summed E-state index contributed by atoms with van der Waals surface area (Å²) >= 11 is 0. The van der Waals surface area contributed by atoms with Gasteiger partial charge < -0.3 is 5.11 Å². The Hall–Kier alpha value is -1.91. The Morgan fingerprint density at radius 1 is 1.60 bits per heavy atom. The molecule has 1 unspecified atom stereocenters. The lowest BCUT2D eigenvalue weighted by Crippen LogP contribution is -2.48. The van der Waals surface area contributed by atoms with Crippen LogP contribution < -0.4 is 0 Å². The standard InChI is InChI=1S/C10H10N2O3/c1-10(9(14)15)6-8(13)12-5-3-2-4-7(12)11-10/h2-5H,6H2,1H3,(H,14,15). The molecule has 2 rings (SSSR count). The van der Waals surface area contributed by atoms with Crippen molar-refractivity contribution < 1.29 is 14.7 Å². The minimum absolute atomic E-state index is 0.107. The van der Waals surface area contributed by atoms with E-state index < -0.39 is 11.5 Å². The Balaban J connectivity index is 2.45. The molecule has 1 N–H and O–H groups in total.